The minimum atomic E-state index is -1.74. The number of nitrogens with two attached hydrogens (primary N) is 3. The van der Waals surface area contributed by atoms with E-state index in [0.29, 0.717) is 44.5 Å². The fraction of sp³-hybridized carbons (Fsp3) is 0.532. The molecule has 0 bridgehead atoms. The molecule has 0 aliphatic rings. The first-order chi connectivity index (χ1) is 31.2. The number of nitrogens with zero attached hydrogens (tertiary/aromatic N) is 5. The van der Waals surface area contributed by atoms with E-state index in [2.05, 4.69) is 105 Å². The number of aliphatic hydroxyl groups excluding tert-OH is 2. The van der Waals surface area contributed by atoms with Crippen molar-refractivity contribution < 1.29 is 38.1 Å². The lowest BCUT2D eigenvalue weighted by molar-refractivity contribution is 0.144. The average Bonchev–Trinajstić information content (AvgIpc) is 3.81. The van der Waals surface area contributed by atoms with Gasteiger partial charge in [0.25, 0.3) is 0 Å². The van der Waals surface area contributed by atoms with E-state index in [0.717, 1.165) is 16.8 Å². The fourth-order valence-electron chi connectivity index (χ4n) is 4.03. The van der Waals surface area contributed by atoms with Gasteiger partial charge in [-0.05, 0) is 74.2 Å². The number of alkyl carbamates (subject to hydrolysis) is 2. The summed E-state index contributed by atoms with van der Waals surface area (Å²) in [5, 5.41) is 25.7. The Balaban J connectivity index is 0. The predicted octanol–water partition coefficient (Wildman–Crippen LogP) is 7.27. The summed E-state index contributed by atoms with van der Waals surface area (Å²) < 4.78 is 23.8. The van der Waals surface area contributed by atoms with Crippen LogP contribution in [0.1, 0.15) is 73.4 Å². The van der Waals surface area contributed by atoms with Gasteiger partial charge in [-0.2, -0.15) is 5.10 Å². The highest BCUT2D eigenvalue weighted by atomic mass is 28.4. The van der Waals surface area contributed by atoms with Crippen LogP contribution in [-0.2, 0) is 31.5 Å². The van der Waals surface area contributed by atoms with E-state index in [-0.39, 0.29) is 49.0 Å². The van der Waals surface area contributed by atoms with Gasteiger partial charge in [0.2, 0.25) is 0 Å². The summed E-state index contributed by atoms with van der Waals surface area (Å²) in [6.45, 7) is 34.5. The number of guanidine groups is 1. The minimum absolute atomic E-state index is 0.0436. The second-order valence-electron chi connectivity index (χ2n) is 17.8. The number of aliphatic hydroxyl groups is 2. The van der Waals surface area contributed by atoms with Crippen LogP contribution in [0.3, 0.4) is 0 Å². The van der Waals surface area contributed by atoms with Gasteiger partial charge in [0.1, 0.15) is 24.9 Å². The summed E-state index contributed by atoms with van der Waals surface area (Å²) >= 11 is 0. The fourth-order valence-corrected chi connectivity index (χ4v) is 6.10. The molecule has 0 unspecified atom stereocenters. The van der Waals surface area contributed by atoms with Crippen molar-refractivity contribution in [3.63, 3.8) is 0 Å². The van der Waals surface area contributed by atoms with Gasteiger partial charge in [0, 0.05) is 24.6 Å². The maximum Gasteiger partial charge on any atom is 0.412 e. The summed E-state index contributed by atoms with van der Waals surface area (Å²) in [5.74, 6) is 1.09. The number of benzene rings is 2. The van der Waals surface area contributed by atoms with E-state index in [1.807, 2.05) is 79.9 Å². The van der Waals surface area contributed by atoms with Gasteiger partial charge in [-0.15, -0.1) is 0 Å². The summed E-state index contributed by atoms with van der Waals surface area (Å²) in [5.41, 5.74) is 18.0. The van der Waals surface area contributed by atoms with Crippen molar-refractivity contribution in [1.29, 1.82) is 0 Å². The van der Waals surface area contributed by atoms with E-state index in [1.54, 1.807) is 24.7 Å². The lowest BCUT2D eigenvalue weighted by Gasteiger charge is -2.35. The molecule has 20 heteroatoms. The Morgan fingerprint density at radius 3 is 1.37 bits per heavy atom. The lowest BCUT2D eigenvalue weighted by atomic mass is 10.2. The molecule has 3 aromatic rings. The van der Waals surface area contributed by atoms with Crippen molar-refractivity contribution in [3.05, 3.63) is 96.8 Å². The normalized spacial score (nSPS) is 11.6. The molecule has 67 heavy (non-hydrogen) atoms. The second-order valence-corrected chi connectivity index (χ2v) is 27.4. The van der Waals surface area contributed by atoms with E-state index in [9.17, 15) is 9.59 Å². The first-order valence-electron chi connectivity index (χ1n) is 22.1. The molecule has 0 spiro atoms. The van der Waals surface area contributed by atoms with Crippen LogP contribution in [0, 0.1) is 0 Å². The maximum absolute atomic E-state index is 11.7. The number of amidine groups is 2. The number of aromatic nitrogens is 2. The molecule has 1 heterocycles. The van der Waals surface area contributed by atoms with Crippen LogP contribution in [0.5, 0.6) is 0 Å². The standard InChI is InChI=1S/C18H30N2O3Si.C12H16N2O3.C9H23N3OSi.C6H8N2.C2H7NO/c1-15(19-12-13-23-24(5,6)18(2,3)4)20-17(21)22-14-16-10-8-7-9-11-16;1-10(13-7-8-15)14-12(16)17-9-11-5-3-2-4-6-11;1-9(2,3)14(4,5)13-7-6-12-8(10)11;1-6(2)8-5-3-4-7-8;3-1-2-4/h7-11H,12-14H2,1-6H3,(H,19,20,21);2-6,15H,7-9H2,1H3,(H,13,14,16);6-7H2,1-5H3,(H4,10,11,12);3-5H,1H2,2H3;4H,1-3H2. The number of hydrogen-bond donors (Lipinski definition) is 7. The Kier molecular flexibility index (Phi) is 33.4. The summed E-state index contributed by atoms with van der Waals surface area (Å²) in [6, 6.07) is 20.8. The van der Waals surface area contributed by atoms with Crippen molar-refractivity contribution in [3.8, 4) is 0 Å². The zero-order chi connectivity index (χ0) is 51.5. The van der Waals surface area contributed by atoms with Crippen LogP contribution in [0.2, 0.25) is 36.3 Å². The first kappa shape index (κ1) is 63.9. The smallest absolute Gasteiger partial charge is 0.412 e. The highest BCUT2D eigenvalue weighted by Gasteiger charge is 2.37. The monoisotopic (exact) mass is 973 g/mol. The van der Waals surface area contributed by atoms with Crippen molar-refractivity contribution in [1.82, 2.24) is 20.4 Å². The molecular formula is C47H84N10O8Si2. The molecule has 0 saturated carbocycles. The number of hydrogen-bond acceptors (Lipinski definition) is 13. The Hall–Kier alpha value is -5.23. The van der Waals surface area contributed by atoms with E-state index < -0.39 is 28.8 Å². The average molecular weight is 973 g/mol. The van der Waals surface area contributed by atoms with Crippen LogP contribution >= 0.6 is 0 Å². The van der Waals surface area contributed by atoms with Crippen LogP contribution in [0.25, 0.3) is 5.70 Å². The highest BCUT2D eigenvalue weighted by Crippen LogP contribution is 2.37. The molecule has 1 aromatic heterocycles. The van der Waals surface area contributed by atoms with Crippen molar-refractivity contribution in [2.24, 2.45) is 32.2 Å². The topological polar surface area (TPSA) is 269 Å². The van der Waals surface area contributed by atoms with Gasteiger partial charge in [-0.3, -0.25) is 25.6 Å². The van der Waals surface area contributed by atoms with Crippen molar-refractivity contribution >= 4 is 52.1 Å². The molecule has 0 radical (unpaired) electrons. The van der Waals surface area contributed by atoms with Crippen LogP contribution < -0.4 is 27.8 Å². The lowest BCUT2D eigenvalue weighted by Crippen LogP contribution is -2.41. The first-order valence-corrected chi connectivity index (χ1v) is 27.9. The molecule has 10 N–H and O–H groups in total. The van der Waals surface area contributed by atoms with E-state index >= 15 is 0 Å². The third-order valence-electron chi connectivity index (χ3n) is 9.83. The highest BCUT2D eigenvalue weighted by molar-refractivity contribution is 6.74. The van der Waals surface area contributed by atoms with Gasteiger partial charge >= 0.3 is 12.2 Å². The van der Waals surface area contributed by atoms with Crippen molar-refractivity contribution in [2.75, 3.05) is 52.6 Å². The molecule has 0 atom stereocenters. The molecule has 2 amide bonds. The SMILES string of the molecule is C=C(C)n1cccn1.CC(=NCCO)NC(=O)OCc1ccccc1.CC(=NCCO[Si](C)(C)C(C)(C)C)NC(=O)OCc1ccccc1.CC(C)(C)[Si](C)(C)OCCN=C(N)N.NCCO. The largest absolute Gasteiger partial charge is 0.444 e. The molecule has 0 aliphatic carbocycles. The maximum atomic E-state index is 11.7. The Morgan fingerprint density at radius 2 is 1.07 bits per heavy atom. The number of amides is 2. The number of ether oxygens (including phenoxy) is 2. The van der Waals surface area contributed by atoms with Gasteiger partial charge < -0.3 is 45.7 Å². The Bertz CT molecular complexity index is 1860. The number of carbonyl (C=O) groups is 2. The molecule has 378 valence electrons. The molecular weight excluding hydrogens is 889 g/mol. The molecule has 0 fully saturated rings. The molecule has 18 nitrogen and oxygen atoms in total. The Morgan fingerprint density at radius 1 is 0.687 bits per heavy atom. The predicted molar refractivity (Wildman–Crippen MR) is 279 cm³/mol. The second kappa shape index (κ2) is 35.0. The number of allylic oxidation sites excluding steroid dienone is 1. The summed E-state index contributed by atoms with van der Waals surface area (Å²) in [4.78, 5) is 35.1. The number of nitrogens with one attached hydrogen (secondary N) is 2. The van der Waals surface area contributed by atoms with Gasteiger partial charge in [0.05, 0.1) is 46.1 Å². The van der Waals surface area contributed by atoms with Gasteiger partial charge in [-0.25, -0.2) is 14.3 Å². The van der Waals surface area contributed by atoms with Gasteiger partial charge in [0.15, 0.2) is 22.6 Å². The minimum Gasteiger partial charge on any atom is -0.444 e. The van der Waals surface area contributed by atoms with Gasteiger partial charge in [-0.1, -0.05) is 109 Å². The number of rotatable bonds is 16. The number of carbonyl (C=O) groups excluding carboxylic acids is 2. The van der Waals surface area contributed by atoms with Crippen LogP contribution in [0.15, 0.2) is 101 Å². The third-order valence-corrected chi connectivity index (χ3v) is 18.9. The third kappa shape index (κ3) is 33.8. The molecule has 2 aromatic carbocycles. The van der Waals surface area contributed by atoms with E-state index in [4.69, 9.17) is 45.7 Å². The van der Waals surface area contributed by atoms with E-state index in [1.165, 1.54) is 0 Å². The zero-order valence-electron chi connectivity index (χ0n) is 42.6. The molecule has 0 saturated heterocycles. The summed E-state index contributed by atoms with van der Waals surface area (Å²) in [7, 11) is -3.37. The number of aliphatic imine (C=N–C) groups is 3. The zero-order valence-corrected chi connectivity index (χ0v) is 44.6. The van der Waals surface area contributed by atoms with Crippen LogP contribution in [0.4, 0.5) is 9.59 Å². The quantitative estimate of drug-likeness (QED) is 0.0323. The summed E-state index contributed by atoms with van der Waals surface area (Å²) in [6.07, 6.45) is 2.55. The van der Waals surface area contributed by atoms with Crippen molar-refractivity contribution in [2.45, 2.75) is 112 Å². The molecule has 3 rings (SSSR count). The Labute approximate surface area is 402 Å². The van der Waals surface area contributed by atoms with Crippen LogP contribution in [-0.4, -0.2) is 119 Å². The molecule has 0 aliphatic heterocycles.